The number of hydrogen-bond donors (Lipinski definition) is 2. The van der Waals surface area contributed by atoms with E-state index in [0.29, 0.717) is 30.6 Å². The van der Waals surface area contributed by atoms with Gasteiger partial charge in [0.15, 0.2) is 11.6 Å². The molecule has 4 aliphatic rings. The quantitative estimate of drug-likeness (QED) is 0.806. The fourth-order valence-corrected chi connectivity index (χ4v) is 7.20. The van der Waals surface area contributed by atoms with Crippen molar-refractivity contribution in [3.63, 3.8) is 0 Å². The number of rotatable bonds is 2. The topological polar surface area (TPSA) is 80.4 Å². The summed E-state index contributed by atoms with van der Waals surface area (Å²) in [6, 6.07) is 0. The predicted octanol–water partition coefficient (Wildman–Crippen LogP) is 2.78. The average Bonchev–Trinajstić information content (AvgIpc) is 2.87. The number of ketones is 2. The Morgan fingerprint density at radius 3 is 2.60 bits per heavy atom. The number of Topliss-reactive ketones (excluding diaryl/α,β-unsaturated/α-hetero) is 1. The van der Waals surface area contributed by atoms with E-state index in [1.807, 2.05) is 6.08 Å². The van der Waals surface area contributed by atoms with Gasteiger partial charge >= 0.3 is 0 Å². The second-order valence-electron chi connectivity index (χ2n) is 9.45. The third-order valence-corrected chi connectivity index (χ3v) is 8.76. The van der Waals surface area contributed by atoms with E-state index in [9.17, 15) is 14.7 Å². The van der Waals surface area contributed by atoms with Crippen LogP contribution in [0.15, 0.2) is 11.6 Å². The molecule has 0 spiro atoms. The van der Waals surface area contributed by atoms with Crippen molar-refractivity contribution in [3.8, 4) is 0 Å². The van der Waals surface area contributed by atoms with Crippen molar-refractivity contribution in [2.45, 2.75) is 70.8 Å². The summed E-state index contributed by atoms with van der Waals surface area (Å²) in [6.45, 7) is 4.42. The summed E-state index contributed by atoms with van der Waals surface area (Å²) in [6.07, 6.45) is 9.06. The van der Waals surface area contributed by atoms with E-state index in [1.165, 1.54) is 5.57 Å². The second-order valence-corrected chi connectivity index (χ2v) is 9.45. The Balaban J connectivity index is 1.68. The fraction of sp³-hybridized carbons (Fsp3) is 0.810. The first-order valence-corrected chi connectivity index (χ1v) is 9.96. The molecule has 4 rings (SSSR count). The number of carbonyl (C=O) groups is 2. The van der Waals surface area contributed by atoms with Gasteiger partial charge in [-0.05, 0) is 74.2 Å². The highest BCUT2D eigenvalue weighted by molar-refractivity contribution is 5.92. The van der Waals surface area contributed by atoms with Crippen LogP contribution in [0.4, 0.5) is 0 Å². The zero-order valence-corrected chi connectivity index (χ0v) is 15.5. The minimum Gasteiger partial charge on any atom is -0.381 e. The Bertz CT molecular complexity index is 656. The molecule has 0 unspecified atom stereocenters. The van der Waals surface area contributed by atoms with Crippen molar-refractivity contribution >= 4 is 11.6 Å². The average molecular weight is 345 g/mol. The molecule has 4 heteroatoms. The molecule has 4 nitrogen and oxygen atoms in total. The van der Waals surface area contributed by atoms with Crippen molar-refractivity contribution < 1.29 is 14.7 Å². The summed E-state index contributed by atoms with van der Waals surface area (Å²) < 4.78 is 0. The van der Waals surface area contributed by atoms with Crippen LogP contribution in [0, 0.1) is 28.6 Å². The smallest absolute Gasteiger partial charge is 0.178 e. The van der Waals surface area contributed by atoms with Crippen molar-refractivity contribution in [2.75, 3.05) is 6.54 Å². The van der Waals surface area contributed by atoms with E-state index < -0.39 is 5.60 Å². The van der Waals surface area contributed by atoms with Gasteiger partial charge in [-0.3, -0.25) is 9.59 Å². The second kappa shape index (κ2) is 5.50. The highest BCUT2D eigenvalue weighted by atomic mass is 16.3. The molecule has 0 aliphatic heterocycles. The lowest BCUT2D eigenvalue weighted by Gasteiger charge is -2.58. The van der Waals surface area contributed by atoms with Gasteiger partial charge in [0, 0.05) is 11.8 Å². The molecule has 4 aliphatic carbocycles. The third kappa shape index (κ3) is 2.13. The van der Waals surface area contributed by atoms with Gasteiger partial charge in [-0.15, -0.1) is 0 Å². The largest absolute Gasteiger partial charge is 0.381 e. The maximum atomic E-state index is 12.5. The van der Waals surface area contributed by atoms with Gasteiger partial charge in [0.2, 0.25) is 0 Å². The van der Waals surface area contributed by atoms with Gasteiger partial charge in [0.25, 0.3) is 0 Å². The minimum atomic E-state index is -1.24. The van der Waals surface area contributed by atoms with Crippen molar-refractivity contribution in [1.29, 1.82) is 0 Å². The minimum absolute atomic E-state index is 0.0698. The van der Waals surface area contributed by atoms with E-state index in [4.69, 9.17) is 5.73 Å². The number of aliphatic hydroxyl groups is 1. The van der Waals surface area contributed by atoms with Gasteiger partial charge in [-0.1, -0.05) is 19.4 Å². The van der Waals surface area contributed by atoms with Crippen LogP contribution >= 0.6 is 0 Å². The highest BCUT2D eigenvalue weighted by Gasteiger charge is 2.65. The summed E-state index contributed by atoms with van der Waals surface area (Å²) in [5.74, 6) is 1.63. The SMILES string of the molecule is C[C@]12CCC(=O)C=C1CC[C@@H]1[C@@H]2CC[C@@]2(C)[C@H]1CC[C@]2(O)C(=O)CN. The van der Waals surface area contributed by atoms with E-state index in [0.717, 1.165) is 38.5 Å². The molecular formula is C21H31NO3. The van der Waals surface area contributed by atoms with Crippen molar-refractivity contribution in [1.82, 2.24) is 0 Å². The molecule has 0 saturated heterocycles. The Kier molecular flexibility index (Phi) is 3.83. The highest BCUT2D eigenvalue weighted by Crippen LogP contribution is 2.67. The van der Waals surface area contributed by atoms with Crippen LogP contribution in [0.5, 0.6) is 0 Å². The first-order valence-electron chi connectivity index (χ1n) is 9.96. The van der Waals surface area contributed by atoms with Gasteiger partial charge < -0.3 is 10.8 Å². The number of fused-ring (bicyclic) bond motifs is 5. The molecule has 138 valence electrons. The first-order chi connectivity index (χ1) is 11.8. The number of allylic oxidation sites excluding steroid dienone is 1. The van der Waals surface area contributed by atoms with Crippen molar-refractivity contribution in [3.05, 3.63) is 11.6 Å². The van der Waals surface area contributed by atoms with Crippen molar-refractivity contribution in [2.24, 2.45) is 34.3 Å². The molecule has 6 atom stereocenters. The Hall–Kier alpha value is -1.00. The van der Waals surface area contributed by atoms with Crippen LogP contribution in [0.3, 0.4) is 0 Å². The fourth-order valence-electron chi connectivity index (χ4n) is 7.20. The lowest BCUT2D eigenvalue weighted by molar-refractivity contribution is -0.160. The van der Waals surface area contributed by atoms with Gasteiger partial charge in [-0.25, -0.2) is 0 Å². The van der Waals surface area contributed by atoms with Crippen LogP contribution in [0.1, 0.15) is 65.2 Å². The number of nitrogens with two attached hydrogens (primary N) is 1. The van der Waals surface area contributed by atoms with E-state index in [1.54, 1.807) is 0 Å². The molecule has 0 heterocycles. The van der Waals surface area contributed by atoms with Gasteiger partial charge in [0.1, 0.15) is 5.60 Å². The van der Waals surface area contributed by atoms with E-state index in [-0.39, 0.29) is 28.9 Å². The van der Waals surface area contributed by atoms with Crippen LogP contribution in [-0.4, -0.2) is 28.8 Å². The maximum Gasteiger partial charge on any atom is 0.178 e. The van der Waals surface area contributed by atoms with Crippen LogP contribution in [0.2, 0.25) is 0 Å². The summed E-state index contributed by atoms with van der Waals surface area (Å²) in [5.41, 5.74) is 5.54. The van der Waals surface area contributed by atoms with E-state index in [2.05, 4.69) is 13.8 Å². The summed E-state index contributed by atoms with van der Waals surface area (Å²) in [4.78, 5) is 24.3. The summed E-state index contributed by atoms with van der Waals surface area (Å²) >= 11 is 0. The molecule has 3 saturated carbocycles. The lowest BCUT2D eigenvalue weighted by atomic mass is 9.46. The Labute approximate surface area is 150 Å². The molecule has 3 N–H and O–H groups in total. The Morgan fingerprint density at radius 2 is 1.88 bits per heavy atom. The van der Waals surface area contributed by atoms with Crippen LogP contribution < -0.4 is 5.73 Å². The van der Waals surface area contributed by atoms with E-state index >= 15 is 0 Å². The first kappa shape index (κ1) is 17.4. The number of carbonyl (C=O) groups excluding carboxylic acids is 2. The number of hydrogen-bond acceptors (Lipinski definition) is 4. The standard InChI is InChI=1S/C21H31NO3/c1-19-8-5-14(23)11-13(19)3-4-15-16(19)6-9-20(2)17(15)7-10-21(20,25)18(24)12-22/h11,15-17,25H,3-10,12,22H2,1-2H3/t15-,16+,17+,19+,20+,21+/m1/s1. The zero-order valence-electron chi connectivity index (χ0n) is 15.5. The normalized spacial score (nSPS) is 49.0. The van der Waals surface area contributed by atoms with Gasteiger partial charge in [-0.2, -0.15) is 0 Å². The molecular weight excluding hydrogens is 314 g/mol. The predicted molar refractivity (Wildman–Crippen MR) is 95.7 cm³/mol. The summed E-state index contributed by atoms with van der Waals surface area (Å²) in [7, 11) is 0. The van der Waals surface area contributed by atoms with Crippen LogP contribution in [-0.2, 0) is 9.59 Å². The monoisotopic (exact) mass is 345 g/mol. The molecule has 0 aromatic rings. The molecule has 0 bridgehead atoms. The van der Waals surface area contributed by atoms with Gasteiger partial charge in [0.05, 0.1) is 6.54 Å². The molecule has 0 radical (unpaired) electrons. The molecule has 25 heavy (non-hydrogen) atoms. The molecule has 0 aromatic carbocycles. The third-order valence-electron chi connectivity index (χ3n) is 8.76. The molecule has 0 amide bonds. The zero-order chi connectivity index (χ0) is 18.0. The van der Waals surface area contributed by atoms with Crippen LogP contribution in [0.25, 0.3) is 0 Å². The molecule has 3 fully saturated rings. The Morgan fingerprint density at radius 1 is 1.16 bits per heavy atom. The lowest BCUT2D eigenvalue weighted by Crippen LogP contribution is -2.58. The summed E-state index contributed by atoms with van der Waals surface area (Å²) in [5, 5.41) is 11.3. The molecule has 0 aromatic heterocycles. The maximum absolute atomic E-state index is 12.5.